The Balaban J connectivity index is 2.05. The number of ketones is 1. The average molecular weight is 243 g/mol. The molecule has 0 fully saturated rings. The highest BCUT2D eigenvalue weighted by atomic mass is 32.1. The molecule has 0 N–H and O–H groups in total. The SMILES string of the molecule is Cn1cc(C(=O)c2cnc3ccsc3c2)cn1. The molecule has 3 aromatic rings. The number of fused-ring (bicyclic) bond motifs is 1. The Morgan fingerprint density at radius 2 is 2.24 bits per heavy atom. The molecule has 84 valence electrons. The van der Waals surface area contributed by atoms with E-state index in [-0.39, 0.29) is 5.78 Å². The number of hydrogen-bond donors (Lipinski definition) is 0. The van der Waals surface area contributed by atoms with E-state index in [0.29, 0.717) is 11.1 Å². The number of aryl methyl sites for hydroxylation is 1. The van der Waals surface area contributed by atoms with Gasteiger partial charge in [-0.1, -0.05) is 0 Å². The monoisotopic (exact) mass is 243 g/mol. The highest BCUT2D eigenvalue weighted by molar-refractivity contribution is 7.17. The molecule has 4 nitrogen and oxygen atoms in total. The summed E-state index contributed by atoms with van der Waals surface area (Å²) in [5.74, 6) is -0.0408. The second kappa shape index (κ2) is 3.78. The summed E-state index contributed by atoms with van der Waals surface area (Å²) in [4.78, 5) is 16.4. The molecule has 0 saturated heterocycles. The van der Waals surface area contributed by atoms with Crippen LogP contribution in [0.1, 0.15) is 15.9 Å². The van der Waals surface area contributed by atoms with E-state index in [1.807, 2.05) is 17.5 Å². The second-order valence-corrected chi connectivity index (χ2v) is 4.71. The molecule has 5 heteroatoms. The van der Waals surface area contributed by atoms with Crippen LogP contribution in [0.25, 0.3) is 10.2 Å². The van der Waals surface area contributed by atoms with Crippen molar-refractivity contribution < 1.29 is 4.79 Å². The minimum Gasteiger partial charge on any atom is -0.288 e. The van der Waals surface area contributed by atoms with Crippen molar-refractivity contribution in [2.45, 2.75) is 0 Å². The van der Waals surface area contributed by atoms with Crippen molar-refractivity contribution in [2.24, 2.45) is 7.05 Å². The van der Waals surface area contributed by atoms with Gasteiger partial charge < -0.3 is 0 Å². The smallest absolute Gasteiger partial charge is 0.197 e. The molecule has 0 aliphatic rings. The van der Waals surface area contributed by atoms with Gasteiger partial charge in [0.2, 0.25) is 0 Å². The minimum atomic E-state index is -0.0408. The molecule has 0 aromatic carbocycles. The maximum atomic E-state index is 12.1. The maximum absolute atomic E-state index is 12.1. The van der Waals surface area contributed by atoms with Gasteiger partial charge in [0.05, 0.1) is 22.0 Å². The number of pyridine rings is 1. The van der Waals surface area contributed by atoms with Gasteiger partial charge in [-0.15, -0.1) is 11.3 Å². The van der Waals surface area contributed by atoms with Gasteiger partial charge in [0, 0.05) is 25.0 Å². The van der Waals surface area contributed by atoms with Crippen molar-refractivity contribution in [2.75, 3.05) is 0 Å². The van der Waals surface area contributed by atoms with Crippen molar-refractivity contribution in [1.29, 1.82) is 0 Å². The first kappa shape index (κ1) is 10.2. The topological polar surface area (TPSA) is 47.8 Å². The second-order valence-electron chi connectivity index (χ2n) is 3.76. The van der Waals surface area contributed by atoms with E-state index in [2.05, 4.69) is 10.1 Å². The zero-order chi connectivity index (χ0) is 11.8. The number of carbonyl (C=O) groups is 1. The van der Waals surface area contributed by atoms with Crippen molar-refractivity contribution in [3.63, 3.8) is 0 Å². The number of hydrogen-bond acceptors (Lipinski definition) is 4. The van der Waals surface area contributed by atoms with Crippen LogP contribution >= 0.6 is 11.3 Å². The number of rotatable bonds is 2. The highest BCUT2D eigenvalue weighted by Gasteiger charge is 2.12. The molecular weight excluding hydrogens is 234 g/mol. The summed E-state index contributed by atoms with van der Waals surface area (Å²) in [6.45, 7) is 0. The maximum Gasteiger partial charge on any atom is 0.197 e. The average Bonchev–Trinajstić information content (AvgIpc) is 2.95. The van der Waals surface area contributed by atoms with Crippen LogP contribution in [0.4, 0.5) is 0 Å². The number of aromatic nitrogens is 3. The predicted octanol–water partition coefficient (Wildman–Crippen LogP) is 2.26. The molecule has 0 unspecified atom stereocenters. The van der Waals surface area contributed by atoms with Gasteiger partial charge in [-0.25, -0.2) is 0 Å². The van der Waals surface area contributed by atoms with Crippen LogP contribution in [0, 0.1) is 0 Å². The molecule has 3 rings (SSSR count). The molecule has 0 bridgehead atoms. The standard InChI is InChI=1S/C12H9N3OS/c1-15-7-9(6-14-15)12(16)8-4-11-10(13-5-8)2-3-17-11/h2-7H,1H3. The highest BCUT2D eigenvalue weighted by Crippen LogP contribution is 2.20. The Morgan fingerprint density at radius 1 is 1.35 bits per heavy atom. The van der Waals surface area contributed by atoms with Gasteiger partial charge >= 0.3 is 0 Å². The summed E-state index contributed by atoms with van der Waals surface area (Å²) >= 11 is 1.58. The van der Waals surface area contributed by atoms with Crippen LogP contribution in [0.15, 0.2) is 36.1 Å². The van der Waals surface area contributed by atoms with Gasteiger partial charge in [0.1, 0.15) is 0 Å². The van der Waals surface area contributed by atoms with Gasteiger partial charge in [-0.05, 0) is 17.5 Å². The third-order valence-corrected chi connectivity index (χ3v) is 3.39. The van der Waals surface area contributed by atoms with Crippen molar-refractivity contribution in [1.82, 2.24) is 14.8 Å². The van der Waals surface area contributed by atoms with E-state index < -0.39 is 0 Å². The van der Waals surface area contributed by atoms with E-state index in [1.165, 1.54) is 0 Å². The summed E-state index contributed by atoms with van der Waals surface area (Å²) in [5.41, 5.74) is 2.12. The lowest BCUT2D eigenvalue weighted by Crippen LogP contribution is -2.00. The van der Waals surface area contributed by atoms with Gasteiger partial charge in [-0.3, -0.25) is 14.5 Å². The molecule has 3 aromatic heterocycles. The molecular formula is C12H9N3OS. The van der Waals surface area contributed by atoms with E-state index in [4.69, 9.17) is 0 Å². The first-order valence-corrected chi connectivity index (χ1v) is 5.98. The van der Waals surface area contributed by atoms with Crippen molar-refractivity contribution in [3.05, 3.63) is 47.2 Å². The van der Waals surface area contributed by atoms with Crippen molar-refractivity contribution in [3.8, 4) is 0 Å². The third kappa shape index (κ3) is 1.74. The molecule has 0 amide bonds. The van der Waals surface area contributed by atoms with Gasteiger partial charge in [-0.2, -0.15) is 5.10 Å². The van der Waals surface area contributed by atoms with Gasteiger partial charge in [0.15, 0.2) is 5.78 Å². The van der Waals surface area contributed by atoms with Gasteiger partial charge in [0.25, 0.3) is 0 Å². The summed E-state index contributed by atoms with van der Waals surface area (Å²) < 4.78 is 2.64. The minimum absolute atomic E-state index is 0.0408. The molecule has 0 saturated carbocycles. The van der Waals surface area contributed by atoms with E-state index in [0.717, 1.165) is 10.2 Å². The van der Waals surface area contributed by atoms with E-state index >= 15 is 0 Å². The van der Waals surface area contributed by atoms with Crippen LogP contribution in [0.3, 0.4) is 0 Å². The molecule has 3 heterocycles. The fourth-order valence-corrected chi connectivity index (χ4v) is 2.46. The van der Waals surface area contributed by atoms with Crippen LogP contribution in [0.5, 0.6) is 0 Å². The Bertz CT molecular complexity index is 698. The third-order valence-electron chi connectivity index (χ3n) is 2.53. The molecule has 0 aliphatic heterocycles. The lowest BCUT2D eigenvalue weighted by Gasteiger charge is -1.97. The zero-order valence-electron chi connectivity index (χ0n) is 9.12. The van der Waals surface area contributed by atoms with Crippen LogP contribution in [-0.2, 0) is 7.05 Å². The van der Waals surface area contributed by atoms with Crippen LogP contribution < -0.4 is 0 Å². The molecule has 0 radical (unpaired) electrons. The van der Waals surface area contributed by atoms with Crippen LogP contribution in [0.2, 0.25) is 0 Å². The Hall–Kier alpha value is -2.01. The lowest BCUT2D eigenvalue weighted by molar-refractivity contribution is 0.103. The number of nitrogens with zero attached hydrogens (tertiary/aromatic N) is 3. The summed E-state index contributed by atoms with van der Waals surface area (Å²) in [6.07, 6.45) is 4.90. The molecule has 17 heavy (non-hydrogen) atoms. The Labute approximate surface area is 102 Å². The summed E-state index contributed by atoms with van der Waals surface area (Å²) in [6, 6.07) is 3.82. The lowest BCUT2D eigenvalue weighted by atomic mass is 10.1. The van der Waals surface area contributed by atoms with E-state index in [1.54, 1.807) is 41.7 Å². The largest absolute Gasteiger partial charge is 0.288 e. The molecule has 0 spiro atoms. The van der Waals surface area contributed by atoms with E-state index in [9.17, 15) is 4.79 Å². The number of thiophene rings is 1. The van der Waals surface area contributed by atoms with Crippen LogP contribution in [-0.4, -0.2) is 20.5 Å². The Kier molecular flexibility index (Phi) is 2.26. The first-order chi connectivity index (χ1) is 8.24. The quantitative estimate of drug-likeness (QED) is 0.649. The Morgan fingerprint density at radius 3 is 3.00 bits per heavy atom. The fraction of sp³-hybridized carbons (Fsp3) is 0.0833. The summed E-state index contributed by atoms with van der Waals surface area (Å²) in [7, 11) is 1.79. The summed E-state index contributed by atoms with van der Waals surface area (Å²) in [5, 5.41) is 5.96. The first-order valence-electron chi connectivity index (χ1n) is 5.10. The molecule has 0 atom stereocenters. The predicted molar refractivity (Wildman–Crippen MR) is 66.3 cm³/mol. The fourth-order valence-electron chi connectivity index (χ4n) is 1.68. The normalized spacial score (nSPS) is 10.9. The van der Waals surface area contributed by atoms with Crippen molar-refractivity contribution >= 4 is 27.3 Å². The number of carbonyl (C=O) groups excluding carboxylic acids is 1. The zero-order valence-corrected chi connectivity index (χ0v) is 9.94. The molecule has 0 aliphatic carbocycles.